The van der Waals surface area contributed by atoms with Crippen LogP contribution in [0, 0.1) is 6.92 Å². The van der Waals surface area contributed by atoms with E-state index >= 15 is 0 Å². The molecule has 2 aromatic rings. The summed E-state index contributed by atoms with van der Waals surface area (Å²) in [5.74, 6) is 1.99. The molecule has 30 heavy (non-hydrogen) atoms. The minimum atomic E-state index is 0.193. The summed E-state index contributed by atoms with van der Waals surface area (Å²) in [6.07, 6.45) is 1.11. The van der Waals surface area contributed by atoms with Crippen LogP contribution in [0.1, 0.15) is 23.1 Å². The van der Waals surface area contributed by atoms with Gasteiger partial charge in [0, 0.05) is 39.1 Å². The van der Waals surface area contributed by atoms with E-state index in [1.54, 1.807) is 21.3 Å². The van der Waals surface area contributed by atoms with Crippen LogP contribution in [0.2, 0.25) is 0 Å². The molecule has 0 aliphatic carbocycles. The molecule has 0 spiro atoms. The number of amides is 1. The number of piperazine rings is 1. The summed E-state index contributed by atoms with van der Waals surface area (Å²) in [6, 6.07) is 12.4. The van der Waals surface area contributed by atoms with Gasteiger partial charge in [-0.15, -0.1) is 0 Å². The molecule has 0 radical (unpaired) electrons. The molecule has 0 unspecified atom stereocenters. The van der Waals surface area contributed by atoms with Crippen LogP contribution < -0.4 is 14.2 Å². The minimum absolute atomic E-state index is 0.193. The number of rotatable bonds is 8. The van der Waals surface area contributed by atoms with Gasteiger partial charge in [-0.05, 0) is 36.6 Å². The zero-order valence-corrected chi connectivity index (χ0v) is 18.4. The van der Waals surface area contributed by atoms with Crippen LogP contribution in [0.3, 0.4) is 0 Å². The molecule has 0 bridgehead atoms. The Morgan fingerprint density at radius 2 is 1.57 bits per heavy atom. The molecule has 1 saturated heterocycles. The number of carbonyl (C=O) groups excluding carboxylic acids is 1. The third-order valence-corrected chi connectivity index (χ3v) is 5.57. The zero-order valence-electron chi connectivity index (χ0n) is 18.4. The molecule has 0 N–H and O–H groups in total. The van der Waals surface area contributed by atoms with Gasteiger partial charge in [0.1, 0.15) is 0 Å². The van der Waals surface area contributed by atoms with E-state index in [2.05, 4.69) is 36.1 Å². The van der Waals surface area contributed by atoms with Crippen LogP contribution >= 0.6 is 0 Å². The van der Waals surface area contributed by atoms with Crippen molar-refractivity contribution in [1.29, 1.82) is 0 Å². The van der Waals surface area contributed by atoms with Crippen molar-refractivity contribution in [3.05, 3.63) is 53.1 Å². The first-order chi connectivity index (χ1) is 14.5. The molecule has 0 saturated carbocycles. The maximum Gasteiger partial charge on any atom is 0.222 e. The minimum Gasteiger partial charge on any atom is -0.493 e. The van der Waals surface area contributed by atoms with Gasteiger partial charge in [-0.25, -0.2) is 0 Å². The predicted molar refractivity (Wildman–Crippen MR) is 117 cm³/mol. The molecule has 162 valence electrons. The molecule has 2 aromatic carbocycles. The maximum absolute atomic E-state index is 12.7. The fourth-order valence-corrected chi connectivity index (χ4v) is 3.91. The van der Waals surface area contributed by atoms with E-state index in [0.29, 0.717) is 30.1 Å². The molecule has 6 heteroatoms. The number of hydrogen-bond acceptors (Lipinski definition) is 5. The molecule has 1 aliphatic heterocycles. The van der Waals surface area contributed by atoms with E-state index < -0.39 is 0 Å². The van der Waals surface area contributed by atoms with Gasteiger partial charge in [0.15, 0.2) is 11.5 Å². The third-order valence-electron chi connectivity index (χ3n) is 5.57. The largest absolute Gasteiger partial charge is 0.493 e. The Morgan fingerprint density at radius 3 is 2.13 bits per heavy atom. The summed E-state index contributed by atoms with van der Waals surface area (Å²) in [6.45, 7) is 6.43. The average Bonchev–Trinajstić information content (AvgIpc) is 2.77. The number of methoxy groups -OCH3 is 3. The predicted octanol–water partition coefficient (Wildman–Crippen LogP) is 3.30. The number of ether oxygens (including phenoxy) is 3. The Hall–Kier alpha value is -2.73. The summed E-state index contributed by atoms with van der Waals surface area (Å²) in [5.41, 5.74) is 3.61. The van der Waals surface area contributed by atoms with E-state index in [9.17, 15) is 4.79 Å². The lowest BCUT2D eigenvalue weighted by molar-refractivity contribution is -0.133. The van der Waals surface area contributed by atoms with Crippen molar-refractivity contribution in [1.82, 2.24) is 9.80 Å². The van der Waals surface area contributed by atoms with E-state index in [4.69, 9.17) is 14.2 Å². The van der Waals surface area contributed by atoms with Crippen molar-refractivity contribution in [3.63, 3.8) is 0 Å². The number of carbonyl (C=O) groups is 1. The first-order valence-corrected chi connectivity index (χ1v) is 10.4. The Kier molecular flexibility index (Phi) is 7.57. The fraction of sp³-hybridized carbons (Fsp3) is 0.458. The average molecular weight is 413 g/mol. The first kappa shape index (κ1) is 22.0. The van der Waals surface area contributed by atoms with Gasteiger partial charge in [0.25, 0.3) is 0 Å². The Balaban J connectivity index is 1.51. The van der Waals surface area contributed by atoms with E-state index in [-0.39, 0.29) is 5.91 Å². The van der Waals surface area contributed by atoms with Gasteiger partial charge in [-0.3, -0.25) is 9.69 Å². The molecule has 1 heterocycles. The highest BCUT2D eigenvalue weighted by atomic mass is 16.5. The van der Waals surface area contributed by atoms with Crippen molar-refractivity contribution in [2.24, 2.45) is 0 Å². The molecule has 1 amide bonds. The van der Waals surface area contributed by atoms with E-state index in [1.807, 2.05) is 17.0 Å². The third kappa shape index (κ3) is 5.45. The van der Waals surface area contributed by atoms with Crippen LogP contribution in [0.15, 0.2) is 36.4 Å². The van der Waals surface area contributed by atoms with Crippen molar-refractivity contribution >= 4 is 5.91 Å². The molecule has 3 rings (SSSR count). The molecule has 6 nitrogen and oxygen atoms in total. The Labute approximate surface area is 179 Å². The van der Waals surface area contributed by atoms with Gasteiger partial charge < -0.3 is 19.1 Å². The van der Waals surface area contributed by atoms with Crippen molar-refractivity contribution < 1.29 is 19.0 Å². The lowest BCUT2D eigenvalue weighted by atomic mass is 10.1. The highest BCUT2D eigenvalue weighted by Crippen LogP contribution is 2.38. The van der Waals surface area contributed by atoms with Crippen molar-refractivity contribution in [2.45, 2.75) is 26.3 Å². The molecule has 0 aromatic heterocycles. The molecule has 1 fully saturated rings. The smallest absolute Gasteiger partial charge is 0.222 e. The molecular weight excluding hydrogens is 380 g/mol. The molecular formula is C24H32N2O4. The molecule has 0 atom stereocenters. The van der Waals surface area contributed by atoms with Gasteiger partial charge in [0.05, 0.1) is 21.3 Å². The number of aryl methyl sites for hydroxylation is 2. The van der Waals surface area contributed by atoms with Crippen molar-refractivity contribution in [3.8, 4) is 17.2 Å². The Bertz CT molecular complexity index is 835. The second kappa shape index (κ2) is 10.3. The summed E-state index contributed by atoms with van der Waals surface area (Å²) in [5, 5.41) is 0. The highest BCUT2D eigenvalue weighted by molar-refractivity contribution is 5.76. The van der Waals surface area contributed by atoms with E-state index in [0.717, 1.165) is 38.3 Å². The Morgan fingerprint density at radius 1 is 0.900 bits per heavy atom. The second-order valence-electron chi connectivity index (χ2n) is 7.68. The summed E-state index contributed by atoms with van der Waals surface area (Å²) in [7, 11) is 4.78. The number of hydrogen-bond donors (Lipinski definition) is 0. The van der Waals surface area contributed by atoms with Crippen LogP contribution in [-0.4, -0.2) is 63.2 Å². The highest BCUT2D eigenvalue weighted by Gasteiger charge is 2.21. The monoisotopic (exact) mass is 412 g/mol. The number of benzene rings is 2. The van der Waals surface area contributed by atoms with Crippen molar-refractivity contribution in [2.75, 3.05) is 47.5 Å². The summed E-state index contributed by atoms with van der Waals surface area (Å²) in [4.78, 5) is 17.1. The van der Waals surface area contributed by atoms with Gasteiger partial charge in [0.2, 0.25) is 11.7 Å². The maximum atomic E-state index is 12.7. The summed E-state index contributed by atoms with van der Waals surface area (Å²) >= 11 is 0. The van der Waals surface area contributed by atoms with Gasteiger partial charge in [-0.2, -0.15) is 0 Å². The van der Waals surface area contributed by atoms with Gasteiger partial charge in [-0.1, -0.05) is 29.8 Å². The first-order valence-electron chi connectivity index (χ1n) is 10.4. The summed E-state index contributed by atoms with van der Waals surface area (Å²) < 4.78 is 16.2. The topological polar surface area (TPSA) is 51.2 Å². The van der Waals surface area contributed by atoms with Crippen LogP contribution in [0.5, 0.6) is 17.2 Å². The molecule has 1 aliphatic rings. The lowest BCUT2D eigenvalue weighted by Gasteiger charge is -2.35. The van der Waals surface area contributed by atoms with Gasteiger partial charge >= 0.3 is 0 Å². The zero-order chi connectivity index (χ0) is 21.5. The second-order valence-corrected chi connectivity index (χ2v) is 7.68. The fourth-order valence-electron chi connectivity index (χ4n) is 3.91. The SMILES string of the molecule is COc1cc(CCC(=O)N2CCN(Cc3cccc(C)c3)CC2)cc(OC)c1OC. The van der Waals surface area contributed by atoms with Crippen LogP contribution in [0.4, 0.5) is 0 Å². The van der Waals surface area contributed by atoms with Crippen LogP contribution in [0.25, 0.3) is 0 Å². The quantitative estimate of drug-likeness (QED) is 0.666. The standard InChI is InChI=1S/C24H32N2O4/c1-18-6-5-7-20(14-18)17-25-10-12-26(13-11-25)23(27)9-8-19-15-21(28-2)24(30-4)22(16-19)29-3/h5-7,14-16H,8-13,17H2,1-4H3. The normalized spacial score (nSPS) is 14.5. The lowest BCUT2D eigenvalue weighted by Crippen LogP contribution is -2.48. The van der Waals surface area contributed by atoms with Crippen LogP contribution in [-0.2, 0) is 17.8 Å². The number of nitrogens with zero attached hydrogens (tertiary/aromatic N) is 2. The van der Waals surface area contributed by atoms with E-state index in [1.165, 1.54) is 11.1 Å².